The molecule has 1 saturated heterocycles. The van der Waals surface area contributed by atoms with E-state index >= 15 is 0 Å². The van der Waals surface area contributed by atoms with Gasteiger partial charge < -0.3 is 9.64 Å². The van der Waals surface area contributed by atoms with Crippen molar-refractivity contribution in [1.82, 2.24) is 14.9 Å². The molecule has 3 heterocycles. The zero-order valence-corrected chi connectivity index (χ0v) is 15.1. The Morgan fingerprint density at radius 2 is 2.00 bits per heavy atom. The molecule has 23 heavy (non-hydrogen) atoms. The highest BCUT2D eigenvalue weighted by molar-refractivity contribution is 7.16. The van der Waals surface area contributed by atoms with Gasteiger partial charge in [0.1, 0.15) is 16.5 Å². The number of nitrogens with zero attached hydrogens (tertiary/aromatic N) is 4. The molecule has 0 saturated carbocycles. The van der Waals surface area contributed by atoms with Crippen molar-refractivity contribution in [2.45, 2.75) is 33.3 Å². The Morgan fingerprint density at radius 1 is 1.22 bits per heavy atom. The molecule has 0 radical (unpaired) electrons. The summed E-state index contributed by atoms with van der Waals surface area (Å²) in [6.07, 6.45) is 1.20. The highest BCUT2D eigenvalue weighted by Crippen LogP contribution is 2.28. The summed E-state index contributed by atoms with van der Waals surface area (Å²) in [5.74, 6) is 2.06. The van der Waals surface area contributed by atoms with Crippen LogP contribution in [0, 0.1) is 0 Å². The minimum Gasteiger partial charge on any atom is -0.377 e. The van der Waals surface area contributed by atoms with Gasteiger partial charge >= 0.3 is 0 Å². The molecule has 0 spiro atoms. The van der Waals surface area contributed by atoms with Crippen molar-refractivity contribution in [1.29, 1.82) is 0 Å². The Kier molecular flexibility index (Phi) is 5.46. The second-order valence-electron chi connectivity index (χ2n) is 6.20. The molecule has 6 heteroatoms. The standard InChI is InChI=1S/C17H26N4OS/c1-4-15-18-16(14-5-12-23-17(14)19-15)21-8-6-20(7-9-21)10-11-22-13(2)3/h5,12-13H,4,6-11H2,1-3H3. The third-order valence-corrected chi connectivity index (χ3v) is 5.00. The van der Waals surface area contributed by atoms with Gasteiger partial charge in [0.15, 0.2) is 0 Å². The maximum absolute atomic E-state index is 5.66. The van der Waals surface area contributed by atoms with Crippen molar-refractivity contribution in [3.8, 4) is 0 Å². The number of hydrogen-bond donors (Lipinski definition) is 0. The summed E-state index contributed by atoms with van der Waals surface area (Å²) in [5, 5.41) is 3.31. The van der Waals surface area contributed by atoms with Gasteiger partial charge in [-0.2, -0.15) is 0 Å². The van der Waals surface area contributed by atoms with E-state index in [1.807, 2.05) is 0 Å². The molecule has 1 aliphatic rings. The van der Waals surface area contributed by atoms with Crippen molar-refractivity contribution < 1.29 is 4.74 Å². The van der Waals surface area contributed by atoms with Crippen LogP contribution in [-0.2, 0) is 11.2 Å². The molecular weight excluding hydrogens is 308 g/mol. The summed E-state index contributed by atoms with van der Waals surface area (Å²) in [5.41, 5.74) is 0. The lowest BCUT2D eigenvalue weighted by atomic mass is 10.2. The molecule has 0 aliphatic carbocycles. The smallest absolute Gasteiger partial charge is 0.141 e. The topological polar surface area (TPSA) is 41.5 Å². The first kappa shape index (κ1) is 16.6. The molecule has 0 atom stereocenters. The van der Waals surface area contributed by atoms with Crippen LogP contribution < -0.4 is 4.90 Å². The first-order valence-corrected chi connectivity index (χ1v) is 9.38. The van der Waals surface area contributed by atoms with E-state index in [2.05, 4.69) is 47.0 Å². The van der Waals surface area contributed by atoms with Crippen molar-refractivity contribution in [3.63, 3.8) is 0 Å². The van der Waals surface area contributed by atoms with Crippen molar-refractivity contribution >= 4 is 27.4 Å². The Morgan fingerprint density at radius 3 is 2.70 bits per heavy atom. The average molecular weight is 334 g/mol. The minimum absolute atomic E-state index is 0.316. The number of hydrogen-bond acceptors (Lipinski definition) is 6. The number of aromatic nitrogens is 2. The van der Waals surface area contributed by atoms with Crippen LogP contribution in [0.5, 0.6) is 0 Å². The normalized spacial score (nSPS) is 16.6. The minimum atomic E-state index is 0.316. The summed E-state index contributed by atoms with van der Waals surface area (Å²) < 4.78 is 5.66. The largest absolute Gasteiger partial charge is 0.377 e. The molecule has 1 fully saturated rings. The van der Waals surface area contributed by atoms with Gasteiger partial charge in [-0.3, -0.25) is 4.90 Å². The lowest BCUT2D eigenvalue weighted by molar-refractivity contribution is 0.0579. The number of ether oxygens (including phenoxy) is 1. The third kappa shape index (κ3) is 4.00. The molecule has 2 aromatic rings. The quantitative estimate of drug-likeness (QED) is 0.812. The number of aryl methyl sites for hydroxylation is 1. The van der Waals surface area contributed by atoms with Crippen LogP contribution in [0.4, 0.5) is 5.82 Å². The molecule has 0 bridgehead atoms. The predicted octanol–water partition coefficient (Wildman–Crippen LogP) is 2.80. The molecule has 2 aromatic heterocycles. The number of rotatable bonds is 6. The molecule has 3 rings (SSSR count). The van der Waals surface area contributed by atoms with Gasteiger partial charge in [0.05, 0.1) is 18.1 Å². The zero-order valence-electron chi connectivity index (χ0n) is 14.3. The predicted molar refractivity (Wildman–Crippen MR) is 96.5 cm³/mol. The SMILES string of the molecule is CCc1nc(N2CCN(CCOC(C)C)CC2)c2ccsc2n1. The van der Waals surface area contributed by atoms with Crippen LogP contribution in [0.2, 0.25) is 0 Å². The third-order valence-electron chi connectivity index (χ3n) is 4.20. The van der Waals surface area contributed by atoms with Crippen molar-refractivity contribution in [2.75, 3.05) is 44.2 Å². The summed E-state index contributed by atoms with van der Waals surface area (Å²) in [6, 6.07) is 2.15. The van der Waals surface area contributed by atoms with E-state index in [1.165, 1.54) is 5.39 Å². The van der Waals surface area contributed by atoms with Gasteiger partial charge in [-0.15, -0.1) is 11.3 Å². The Hall–Kier alpha value is -1.24. The van der Waals surface area contributed by atoms with Crippen LogP contribution >= 0.6 is 11.3 Å². The van der Waals surface area contributed by atoms with Crippen LogP contribution in [0.25, 0.3) is 10.2 Å². The fourth-order valence-corrected chi connectivity index (χ4v) is 3.66. The summed E-state index contributed by atoms with van der Waals surface area (Å²) >= 11 is 1.70. The fourth-order valence-electron chi connectivity index (χ4n) is 2.88. The second-order valence-corrected chi connectivity index (χ2v) is 7.10. The lowest BCUT2D eigenvalue weighted by Gasteiger charge is -2.35. The fraction of sp³-hybridized carbons (Fsp3) is 0.647. The maximum atomic E-state index is 5.66. The van der Waals surface area contributed by atoms with E-state index < -0.39 is 0 Å². The molecule has 0 aromatic carbocycles. The molecular formula is C17H26N4OS. The van der Waals surface area contributed by atoms with E-state index in [0.717, 1.165) is 62.2 Å². The molecule has 5 nitrogen and oxygen atoms in total. The van der Waals surface area contributed by atoms with Crippen LogP contribution in [0.3, 0.4) is 0 Å². The lowest BCUT2D eigenvalue weighted by Crippen LogP contribution is -2.47. The van der Waals surface area contributed by atoms with Crippen molar-refractivity contribution in [3.05, 3.63) is 17.3 Å². The maximum Gasteiger partial charge on any atom is 0.141 e. The van der Waals surface area contributed by atoms with Gasteiger partial charge in [0.25, 0.3) is 0 Å². The molecule has 0 amide bonds. The van der Waals surface area contributed by atoms with E-state index in [9.17, 15) is 0 Å². The first-order chi connectivity index (χ1) is 11.2. The molecule has 1 aliphatic heterocycles. The van der Waals surface area contributed by atoms with Gasteiger partial charge in [-0.25, -0.2) is 9.97 Å². The van der Waals surface area contributed by atoms with E-state index in [4.69, 9.17) is 9.72 Å². The van der Waals surface area contributed by atoms with E-state index in [1.54, 1.807) is 11.3 Å². The molecule has 126 valence electrons. The van der Waals surface area contributed by atoms with Gasteiger partial charge in [-0.1, -0.05) is 6.92 Å². The highest BCUT2D eigenvalue weighted by Gasteiger charge is 2.21. The van der Waals surface area contributed by atoms with Crippen molar-refractivity contribution in [2.24, 2.45) is 0 Å². The summed E-state index contributed by atoms with van der Waals surface area (Å²) in [6.45, 7) is 12.3. The molecule has 0 N–H and O–H groups in total. The van der Waals surface area contributed by atoms with Gasteiger partial charge in [0.2, 0.25) is 0 Å². The Labute approximate surface area is 142 Å². The van der Waals surface area contributed by atoms with E-state index in [0.29, 0.717) is 6.10 Å². The van der Waals surface area contributed by atoms with Gasteiger partial charge in [-0.05, 0) is 25.3 Å². The second kappa shape index (κ2) is 7.55. The highest BCUT2D eigenvalue weighted by atomic mass is 32.1. The number of thiophene rings is 1. The van der Waals surface area contributed by atoms with Crippen LogP contribution in [0.15, 0.2) is 11.4 Å². The van der Waals surface area contributed by atoms with Crippen LogP contribution in [-0.4, -0.2) is 60.3 Å². The number of anilines is 1. The Bertz CT molecular complexity index is 635. The number of fused-ring (bicyclic) bond motifs is 1. The monoisotopic (exact) mass is 334 g/mol. The summed E-state index contributed by atoms with van der Waals surface area (Å²) in [7, 11) is 0. The first-order valence-electron chi connectivity index (χ1n) is 8.50. The molecule has 0 unspecified atom stereocenters. The summed E-state index contributed by atoms with van der Waals surface area (Å²) in [4.78, 5) is 15.4. The Balaban J connectivity index is 1.64. The number of piperazine rings is 1. The zero-order chi connectivity index (χ0) is 16.2. The van der Waals surface area contributed by atoms with E-state index in [-0.39, 0.29) is 0 Å². The van der Waals surface area contributed by atoms with Gasteiger partial charge in [0, 0.05) is 39.1 Å². The average Bonchev–Trinajstić information content (AvgIpc) is 3.02. The van der Waals surface area contributed by atoms with Crippen LogP contribution in [0.1, 0.15) is 26.6 Å².